The van der Waals surface area contributed by atoms with Crippen LogP contribution in [0.4, 0.5) is 0 Å². The maximum Gasteiger partial charge on any atom is 0.163 e. The van der Waals surface area contributed by atoms with E-state index < -0.39 is 0 Å². The minimum atomic E-state index is 0.759. The molecule has 0 bridgehead atoms. The van der Waals surface area contributed by atoms with Crippen LogP contribution in [0.25, 0.3) is 11.4 Å². The zero-order valence-electron chi connectivity index (χ0n) is 21.0. The molecule has 32 heavy (non-hydrogen) atoms. The van der Waals surface area contributed by atoms with E-state index in [1.165, 1.54) is 77.0 Å². The Morgan fingerprint density at radius 3 is 2.31 bits per heavy atom. The molecule has 3 nitrogen and oxygen atoms in total. The van der Waals surface area contributed by atoms with Gasteiger partial charge in [0.2, 0.25) is 0 Å². The van der Waals surface area contributed by atoms with Gasteiger partial charge in [-0.3, -0.25) is 0 Å². The number of nitrogens with zero attached hydrogens (tertiary/aromatic N) is 2. The quantitative estimate of drug-likeness (QED) is 0.218. The molecular weight excluding hydrogens is 392 g/mol. The number of aryl methyl sites for hydroxylation is 1. The van der Waals surface area contributed by atoms with Crippen molar-refractivity contribution in [2.45, 2.75) is 111 Å². The smallest absolute Gasteiger partial charge is 0.163 e. The monoisotopic (exact) mass is 438 g/mol. The number of benzene rings is 1. The van der Waals surface area contributed by atoms with E-state index in [0.29, 0.717) is 0 Å². The van der Waals surface area contributed by atoms with Gasteiger partial charge in [0.15, 0.2) is 5.82 Å². The van der Waals surface area contributed by atoms with Crippen LogP contribution in [-0.4, -0.2) is 16.6 Å². The average molecular weight is 439 g/mol. The second-order valence-electron chi connectivity index (χ2n) is 9.30. The standard InChI is InChI=1S/C29H46N2O/c1-4-6-7-8-9-10-11-14-19-26-22-23-30-29(31-26)27-20-15-16-21-28(27)32-24-17-12-13-18-25(3)5-2/h15-16,20-23,25H,4-14,17-19,24H2,1-3H3. The summed E-state index contributed by atoms with van der Waals surface area (Å²) in [5.41, 5.74) is 2.14. The minimum Gasteiger partial charge on any atom is -0.493 e. The molecule has 3 heteroatoms. The molecule has 0 aliphatic rings. The Bertz CT molecular complexity index is 731. The fraction of sp³-hybridized carbons (Fsp3) is 0.655. The van der Waals surface area contributed by atoms with Crippen molar-refractivity contribution in [3.05, 3.63) is 42.2 Å². The lowest BCUT2D eigenvalue weighted by Crippen LogP contribution is -2.01. The predicted octanol–water partition coefficient (Wildman–Crippen LogP) is 8.81. The van der Waals surface area contributed by atoms with Crippen molar-refractivity contribution in [1.29, 1.82) is 0 Å². The molecule has 178 valence electrons. The second-order valence-corrected chi connectivity index (χ2v) is 9.30. The van der Waals surface area contributed by atoms with Crippen LogP contribution in [0.15, 0.2) is 36.5 Å². The molecule has 0 aliphatic heterocycles. The van der Waals surface area contributed by atoms with Crippen molar-refractivity contribution in [3.63, 3.8) is 0 Å². The van der Waals surface area contributed by atoms with Crippen LogP contribution in [0.5, 0.6) is 5.75 Å². The topological polar surface area (TPSA) is 35.0 Å². The van der Waals surface area contributed by atoms with Crippen LogP contribution in [0.2, 0.25) is 0 Å². The van der Waals surface area contributed by atoms with Gasteiger partial charge in [0, 0.05) is 11.9 Å². The van der Waals surface area contributed by atoms with Crippen LogP contribution in [0.3, 0.4) is 0 Å². The molecule has 1 heterocycles. The highest BCUT2D eigenvalue weighted by Crippen LogP contribution is 2.27. The highest BCUT2D eigenvalue weighted by atomic mass is 16.5. The number of unbranched alkanes of at least 4 members (excludes halogenated alkanes) is 9. The summed E-state index contributed by atoms with van der Waals surface area (Å²) < 4.78 is 6.14. The molecule has 1 aromatic heterocycles. The average Bonchev–Trinajstić information content (AvgIpc) is 2.83. The summed E-state index contributed by atoms with van der Waals surface area (Å²) in [5, 5.41) is 0. The van der Waals surface area contributed by atoms with Gasteiger partial charge in [-0.1, -0.05) is 104 Å². The highest BCUT2D eigenvalue weighted by molar-refractivity contribution is 5.63. The predicted molar refractivity (Wildman–Crippen MR) is 137 cm³/mol. The van der Waals surface area contributed by atoms with Gasteiger partial charge < -0.3 is 4.74 Å². The molecule has 1 unspecified atom stereocenters. The summed E-state index contributed by atoms with van der Waals surface area (Å²) in [4.78, 5) is 9.41. The van der Waals surface area contributed by atoms with Crippen molar-refractivity contribution < 1.29 is 4.74 Å². The number of hydrogen-bond donors (Lipinski definition) is 0. The summed E-state index contributed by atoms with van der Waals surface area (Å²) >= 11 is 0. The van der Waals surface area contributed by atoms with Crippen LogP contribution in [0, 0.1) is 5.92 Å². The number of hydrogen-bond acceptors (Lipinski definition) is 3. The van der Waals surface area contributed by atoms with Crippen LogP contribution in [-0.2, 0) is 6.42 Å². The lowest BCUT2D eigenvalue weighted by atomic mass is 10.0. The first-order chi connectivity index (χ1) is 15.7. The van der Waals surface area contributed by atoms with Gasteiger partial charge in [-0.2, -0.15) is 0 Å². The minimum absolute atomic E-state index is 0.759. The molecule has 0 spiro atoms. The third-order valence-corrected chi connectivity index (χ3v) is 6.42. The summed E-state index contributed by atoms with van der Waals surface area (Å²) in [6, 6.07) is 10.3. The van der Waals surface area contributed by atoms with Gasteiger partial charge in [-0.05, 0) is 43.4 Å². The van der Waals surface area contributed by atoms with Crippen molar-refractivity contribution in [2.75, 3.05) is 6.61 Å². The SMILES string of the molecule is CCCCCCCCCCc1ccnc(-c2ccccc2OCCCCCC(C)CC)n1. The van der Waals surface area contributed by atoms with Crippen molar-refractivity contribution >= 4 is 0 Å². The van der Waals surface area contributed by atoms with Crippen molar-refractivity contribution in [3.8, 4) is 17.1 Å². The van der Waals surface area contributed by atoms with Gasteiger partial charge in [0.05, 0.1) is 12.2 Å². The fourth-order valence-corrected chi connectivity index (χ4v) is 4.04. The number of aromatic nitrogens is 2. The molecule has 2 aromatic rings. The van der Waals surface area contributed by atoms with Gasteiger partial charge in [0.25, 0.3) is 0 Å². The normalized spacial score (nSPS) is 12.1. The first-order valence-corrected chi connectivity index (χ1v) is 13.3. The van der Waals surface area contributed by atoms with E-state index in [-0.39, 0.29) is 0 Å². The molecule has 0 saturated carbocycles. The van der Waals surface area contributed by atoms with E-state index in [9.17, 15) is 0 Å². The first kappa shape index (κ1) is 26.4. The Morgan fingerprint density at radius 2 is 1.53 bits per heavy atom. The number of ether oxygens (including phenoxy) is 1. The van der Waals surface area contributed by atoms with Gasteiger partial charge in [-0.15, -0.1) is 0 Å². The van der Waals surface area contributed by atoms with Crippen LogP contribution < -0.4 is 4.74 Å². The number of para-hydroxylation sites is 1. The molecule has 1 aromatic carbocycles. The third kappa shape index (κ3) is 10.6. The maximum absolute atomic E-state index is 6.14. The fourth-order valence-electron chi connectivity index (χ4n) is 4.04. The van der Waals surface area contributed by atoms with E-state index in [0.717, 1.165) is 48.2 Å². The van der Waals surface area contributed by atoms with Gasteiger partial charge in [-0.25, -0.2) is 9.97 Å². The zero-order chi connectivity index (χ0) is 22.9. The molecule has 0 radical (unpaired) electrons. The van der Waals surface area contributed by atoms with Gasteiger partial charge >= 0.3 is 0 Å². The molecule has 0 fully saturated rings. The molecule has 0 N–H and O–H groups in total. The highest BCUT2D eigenvalue weighted by Gasteiger charge is 2.09. The third-order valence-electron chi connectivity index (χ3n) is 6.42. The van der Waals surface area contributed by atoms with E-state index in [2.05, 4.69) is 37.9 Å². The summed E-state index contributed by atoms with van der Waals surface area (Å²) in [7, 11) is 0. The Balaban J connectivity index is 1.78. The maximum atomic E-state index is 6.14. The van der Waals surface area contributed by atoms with E-state index in [1.54, 1.807) is 0 Å². The second kappa shape index (κ2) is 16.7. The first-order valence-electron chi connectivity index (χ1n) is 13.3. The largest absolute Gasteiger partial charge is 0.493 e. The van der Waals surface area contributed by atoms with E-state index >= 15 is 0 Å². The van der Waals surface area contributed by atoms with E-state index in [4.69, 9.17) is 9.72 Å². The summed E-state index contributed by atoms with van der Waals surface area (Å²) in [6.07, 6.45) is 19.9. The van der Waals surface area contributed by atoms with Crippen molar-refractivity contribution in [2.24, 2.45) is 5.92 Å². The molecule has 2 rings (SSSR count). The molecule has 1 atom stereocenters. The van der Waals surface area contributed by atoms with Crippen molar-refractivity contribution in [1.82, 2.24) is 9.97 Å². The number of rotatable bonds is 18. The Morgan fingerprint density at radius 1 is 0.812 bits per heavy atom. The zero-order valence-corrected chi connectivity index (χ0v) is 21.0. The Hall–Kier alpha value is -1.90. The van der Waals surface area contributed by atoms with Crippen LogP contribution >= 0.6 is 0 Å². The molecule has 0 saturated heterocycles. The Labute approximate surface area is 197 Å². The molecular formula is C29H46N2O. The van der Waals surface area contributed by atoms with Gasteiger partial charge in [0.1, 0.15) is 5.75 Å². The molecule has 0 amide bonds. The Kier molecular flexibility index (Phi) is 13.7. The summed E-state index contributed by atoms with van der Waals surface area (Å²) in [5.74, 6) is 2.53. The molecule has 0 aliphatic carbocycles. The van der Waals surface area contributed by atoms with Crippen LogP contribution in [0.1, 0.15) is 110 Å². The lowest BCUT2D eigenvalue weighted by molar-refractivity contribution is 0.303. The lowest BCUT2D eigenvalue weighted by Gasteiger charge is -2.12. The van der Waals surface area contributed by atoms with E-state index in [1.807, 2.05) is 24.4 Å². The summed E-state index contributed by atoms with van der Waals surface area (Å²) in [6.45, 7) is 7.65.